The highest BCUT2D eigenvalue weighted by Crippen LogP contribution is 2.25. The van der Waals surface area contributed by atoms with Crippen LogP contribution in [-0.2, 0) is 10.0 Å². The molecule has 5 nitrogen and oxygen atoms in total. The molecule has 0 amide bonds. The molecule has 0 aliphatic heterocycles. The SMILES string of the molecule is CCN(CC)S(=O)(=O)c1ccc(C)c(NC(=S)N[C@@H]2CCCC[C@@H]2C)c1. The first-order valence-corrected chi connectivity index (χ1v) is 11.3. The number of hydrogen-bond acceptors (Lipinski definition) is 3. The maximum Gasteiger partial charge on any atom is 0.243 e. The van der Waals surface area contributed by atoms with Gasteiger partial charge < -0.3 is 10.6 Å². The molecule has 1 saturated carbocycles. The van der Waals surface area contributed by atoms with Crippen molar-refractivity contribution in [3.8, 4) is 0 Å². The first kappa shape index (κ1) is 21.1. The zero-order valence-corrected chi connectivity index (χ0v) is 17.8. The molecule has 7 heteroatoms. The molecule has 1 aromatic rings. The van der Waals surface area contributed by atoms with E-state index >= 15 is 0 Å². The van der Waals surface area contributed by atoms with Crippen molar-refractivity contribution < 1.29 is 8.42 Å². The molecule has 1 aliphatic rings. The summed E-state index contributed by atoms with van der Waals surface area (Å²) in [6, 6.07) is 5.55. The van der Waals surface area contributed by atoms with E-state index in [9.17, 15) is 8.42 Å². The number of aryl methyl sites for hydroxylation is 1. The van der Waals surface area contributed by atoms with Gasteiger partial charge in [0.1, 0.15) is 0 Å². The Hall–Kier alpha value is -1.18. The highest BCUT2D eigenvalue weighted by atomic mass is 32.2. The van der Waals surface area contributed by atoms with Gasteiger partial charge in [-0.05, 0) is 55.6 Å². The quantitative estimate of drug-likeness (QED) is 0.713. The highest BCUT2D eigenvalue weighted by Gasteiger charge is 2.24. The van der Waals surface area contributed by atoms with Gasteiger partial charge in [0.15, 0.2) is 5.11 Å². The number of hydrogen-bond donors (Lipinski definition) is 2. The number of nitrogens with one attached hydrogen (secondary N) is 2. The predicted molar refractivity (Wildman–Crippen MR) is 112 cm³/mol. The highest BCUT2D eigenvalue weighted by molar-refractivity contribution is 7.89. The topological polar surface area (TPSA) is 61.4 Å². The summed E-state index contributed by atoms with van der Waals surface area (Å²) in [6.07, 6.45) is 4.85. The van der Waals surface area contributed by atoms with Crippen LogP contribution in [0.1, 0.15) is 52.0 Å². The van der Waals surface area contributed by atoms with Crippen molar-refractivity contribution in [1.29, 1.82) is 0 Å². The number of nitrogens with zero attached hydrogens (tertiary/aromatic N) is 1. The van der Waals surface area contributed by atoms with Crippen LogP contribution >= 0.6 is 12.2 Å². The predicted octanol–water partition coefficient (Wildman–Crippen LogP) is 3.89. The van der Waals surface area contributed by atoms with Crippen LogP contribution in [0.2, 0.25) is 0 Å². The van der Waals surface area contributed by atoms with Gasteiger partial charge in [0, 0.05) is 24.8 Å². The molecule has 0 heterocycles. The van der Waals surface area contributed by atoms with Gasteiger partial charge in [-0.1, -0.05) is 39.7 Å². The van der Waals surface area contributed by atoms with Crippen LogP contribution in [0.15, 0.2) is 23.1 Å². The average molecular weight is 398 g/mol. The van der Waals surface area contributed by atoms with Gasteiger partial charge in [0.05, 0.1) is 4.90 Å². The van der Waals surface area contributed by atoms with E-state index in [0.717, 1.165) is 17.7 Å². The Morgan fingerprint density at radius 3 is 2.50 bits per heavy atom. The fourth-order valence-electron chi connectivity index (χ4n) is 3.47. The molecule has 0 aromatic heterocycles. The minimum atomic E-state index is -3.48. The molecular weight excluding hydrogens is 366 g/mol. The molecule has 2 N–H and O–H groups in total. The Labute approximate surface area is 163 Å². The van der Waals surface area contributed by atoms with E-state index in [1.54, 1.807) is 12.1 Å². The normalized spacial score (nSPS) is 20.8. The lowest BCUT2D eigenvalue weighted by Gasteiger charge is -2.30. The van der Waals surface area contributed by atoms with Crippen LogP contribution in [0.25, 0.3) is 0 Å². The molecule has 26 heavy (non-hydrogen) atoms. The molecule has 2 rings (SSSR count). The maximum absolute atomic E-state index is 12.8. The van der Waals surface area contributed by atoms with Crippen molar-refractivity contribution in [2.24, 2.45) is 5.92 Å². The average Bonchev–Trinajstić information content (AvgIpc) is 2.59. The minimum Gasteiger partial charge on any atom is -0.359 e. The molecule has 0 unspecified atom stereocenters. The third-order valence-corrected chi connectivity index (χ3v) is 7.49. The first-order valence-electron chi connectivity index (χ1n) is 9.47. The molecule has 1 aliphatic carbocycles. The first-order chi connectivity index (χ1) is 12.3. The summed E-state index contributed by atoms with van der Waals surface area (Å²) < 4.78 is 27.0. The van der Waals surface area contributed by atoms with Crippen molar-refractivity contribution in [3.05, 3.63) is 23.8 Å². The lowest BCUT2D eigenvalue weighted by molar-refractivity contribution is 0.309. The fraction of sp³-hybridized carbons (Fsp3) is 0.632. The molecule has 1 fully saturated rings. The minimum absolute atomic E-state index is 0.295. The monoisotopic (exact) mass is 397 g/mol. The summed E-state index contributed by atoms with van der Waals surface area (Å²) in [5.41, 5.74) is 1.70. The van der Waals surface area contributed by atoms with Gasteiger partial charge in [-0.15, -0.1) is 0 Å². The number of thiocarbonyl (C=S) groups is 1. The lowest BCUT2D eigenvalue weighted by atomic mass is 9.86. The number of benzene rings is 1. The van der Waals surface area contributed by atoms with Gasteiger partial charge >= 0.3 is 0 Å². The van der Waals surface area contributed by atoms with E-state index in [4.69, 9.17) is 12.2 Å². The molecule has 2 atom stereocenters. The van der Waals surface area contributed by atoms with Gasteiger partial charge in [-0.25, -0.2) is 8.42 Å². The van der Waals surface area contributed by atoms with Crippen LogP contribution in [0, 0.1) is 12.8 Å². The van der Waals surface area contributed by atoms with Crippen molar-refractivity contribution >= 4 is 33.0 Å². The van der Waals surface area contributed by atoms with Crippen LogP contribution in [0.4, 0.5) is 5.69 Å². The Kier molecular flexibility index (Phi) is 7.43. The summed E-state index contributed by atoms with van der Waals surface area (Å²) in [4.78, 5) is 0.295. The summed E-state index contributed by atoms with van der Waals surface area (Å²) >= 11 is 5.48. The standard InChI is InChI=1S/C19H31N3O2S2/c1-5-22(6-2)26(23,24)16-12-11-15(4)18(13-16)21-19(25)20-17-10-8-7-9-14(17)3/h11-14,17H,5-10H2,1-4H3,(H2,20,21,25)/t14-,17+/m0/s1. The molecule has 0 saturated heterocycles. The Morgan fingerprint density at radius 1 is 1.23 bits per heavy atom. The smallest absolute Gasteiger partial charge is 0.243 e. The van der Waals surface area contributed by atoms with Crippen molar-refractivity contribution in [3.63, 3.8) is 0 Å². The molecule has 0 spiro atoms. The number of rotatable bonds is 6. The van der Waals surface area contributed by atoms with Crippen LogP contribution in [0.5, 0.6) is 0 Å². The van der Waals surface area contributed by atoms with E-state index in [2.05, 4.69) is 17.6 Å². The van der Waals surface area contributed by atoms with Crippen molar-refractivity contribution in [2.45, 2.75) is 64.3 Å². The van der Waals surface area contributed by atoms with Crippen molar-refractivity contribution in [1.82, 2.24) is 9.62 Å². The Bertz CT molecular complexity index is 730. The molecule has 0 radical (unpaired) electrons. The third kappa shape index (κ3) is 4.96. The second-order valence-electron chi connectivity index (χ2n) is 7.03. The third-order valence-electron chi connectivity index (χ3n) is 5.23. The van der Waals surface area contributed by atoms with Gasteiger partial charge in [-0.3, -0.25) is 0 Å². The summed E-state index contributed by atoms with van der Waals surface area (Å²) in [5.74, 6) is 0.596. The fourth-order valence-corrected chi connectivity index (χ4v) is 5.21. The van der Waals surface area contributed by atoms with E-state index in [1.807, 2.05) is 26.8 Å². The summed E-state index contributed by atoms with van der Waals surface area (Å²) in [5, 5.41) is 7.17. The number of sulfonamides is 1. The maximum atomic E-state index is 12.8. The Morgan fingerprint density at radius 2 is 1.88 bits per heavy atom. The largest absolute Gasteiger partial charge is 0.359 e. The molecule has 0 bridgehead atoms. The Balaban J connectivity index is 2.15. The zero-order valence-electron chi connectivity index (χ0n) is 16.2. The van der Waals surface area contributed by atoms with E-state index in [-0.39, 0.29) is 0 Å². The second-order valence-corrected chi connectivity index (χ2v) is 9.38. The number of anilines is 1. The second kappa shape index (κ2) is 9.15. The van der Waals surface area contributed by atoms with Crippen LogP contribution < -0.4 is 10.6 Å². The van der Waals surface area contributed by atoms with E-state index < -0.39 is 10.0 Å². The molecular formula is C19H31N3O2S2. The van der Waals surface area contributed by atoms with Gasteiger partial charge in [0.25, 0.3) is 0 Å². The summed E-state index contributed by atoms with van der Waals surface area (Å²) in [7, 11) is -3.48. The zero-order chi connectivity index (χ0) is 19.3. The summed E-state index contributed by atoms with van der Waals surface area (Å²) in [6.45, 7) is 8.80. The molecule has 1 aromatic carbocycles. The van der Waals surface area contributed by atoms with Gasteiger partial charge in [-0.2, -0.15) is 4.31 Å². The molecule has 146 valence electrons. The van der Waals surface area contributed by atoms with Crippen LogP contribution in [-0.4, -0.2) is 37.0 Å². The van der Waals surface area contributed by atoms with E-state index in [0.29, 0.717) is 35.1 Å². The lowest BCUT2D eigenvalue weighted by Crippen LogP contribution is -2.43. The van der Waals surface area contributed by atoms with Crippen molar-refractivity contribution in [2.75, 3.05) is 18.4 Å². The van der Waals surface area contributed by atoms with E-state index in [1.165, 1.54) is 23.6 Å². The van der Waals surface area contributed by atoms with Crippen LogP contribution in [0.3, 0.4) is 0 Å². The van der Waals surface area contributed by atoms with Gasteiger partial charge in [0.2, 0.25) is 10.0 Å².